The molecule has 1 fully saturated rings. The maximum Gasteiger partial charge on any atom is 0.220 e. The minimum absolute atomic E-state index is 0.135. The normalized spacial score (nSPS) is 18.3. The number of amides is 1. The predicted octanol–water partition coefficient (Wildman–Crippen LogP) is 20.6. The highest BCUT2D eigenvalue weighted by atomic mass is 16.7. The van der Waals surface area contributed by atoms with E-state index in [1.54, 1.807) is 0 Å². The van der Waals surface area contributed by atoms with Crippen molar-refractivity contribution in [3.63, 3.8) is 0 Å². The number of aliphatic hydroxyl groups excluding tert-OH is 5. The molecule has 9 nitrogen and oxygen atoms in total. The van der Waals surface area contributed by atoms with Crippen molar-refractivity contribution >= 4 is 5.91 Å². The molecule has 0 aromatic carbocycles. The van der Waals surface area contributed by atoms with E-state index >= 15 is 0 Å². The summed E-state index contributed by atoms with van der Waals surface area (Å²) >= 11 is 0. The van der Waals surface area contributed by atoms with Crippen LogP contribution in [0.15, 0.2) is 36.5 Å². The van der Waals surface area contributed by atoms with Crippen LogP contribution in [-0.4, -0.2) is 87.5 Å². The fraction of sp³-hybridized carbons (Fsp3) is 0.907. The second-order valence-corrected chi connectivity index (χ2v) is 26.1. The summed E-state index contributed by atoms with van der Waals surface area (Å²) in [4.78, 5) is 13.2. The van der Waals surface area contributed by atoms with Crippen molar-refractivity contribution in [2.75, 3.05) is 13.2 Å². The van der Waals surface area contributed by atoms with Gasteiger partial charge in [-0.05, 0) is 51.4 Å². The van der Waals surface area contributed by atoms with Gasteiger partial charge in [-0.25, -0.2) is 0 Å². The van der Waals surface area contributed by atoms with E-state index in [-0.39, 0.29) is 12.5 Å². The lowest BCUT2D eigenvalue weighted by Crippen LogP contribution is -2.60. The molecule has 7 atom stereocenters. The number of unbranched alkanes of at least 4 members (excludes halogenated alkanes) is 50. The molecule has 0 aromatic rings. The zero-order valence-electron chi connectivity index (χ0n) is 55.7. The second kappa shape index (κ2) is 64.4. The average molecular weight is 1190 g/mol. The third-order valence-electron chi connectivity index (χ3n) is 18.0. The minimum Gasteiger partial charge on any atom is -0.394 e. The third kappa shape index (κ3) is 52.4. The fourth-order valence-electron chi connectivity index (χ4n) is 12.2. The standard InChI is InChI=1S/C75H143NO8/c1-3-5-7-9-11-13-15-17-19-21-23-25-27-29-31-33-35-37-39-41-43-45-47-49-51-53-55-57-59-61-63-65-71(79)76-68(67-83-75-74(82)73(81)72(80)70(66-77)84-75)69(78)64-62-60-58-56-54-52-50-48-46-44-42-40-38-36-34-32-30-28-26-24-22-20-18-16-14-12-10-8-6-4-2/h15,17,21,23,27,29,68-70,72-75,77-78,80-82H,3-14,16,18-20,22,24-26,28,30-67H2,1-2H3,(H,76,79)/b17-15-,23-21-,29-27-. The van der Waals surface area contributed by atoms with Crippen molar-refractivity contribution in [2.45, 2.75) is 423 Å². The highest BCUT2D eigenvalue weighted by Crippen LogP contribution is 2.24. The van der Waals surface area contributed by atoms with Gasteiger partial charge < -0.3 is 40.3 Å². The number of hydrogen-bond donors (Lipinski definition) is 6. The number of hydrogen-bond acceptors (Lipinski definition) is 8. The van der Waals surface area contributed by atoms with E-state index in [2.05, 4.69) is 55.6 Å². The molecule has 0 aliphatic carbocycles. The second-order valence-electron chi connectivity index (χ2n) is 26.1. The predicted molar refractivity (Wildman–Crippen MR) is 360 cm³/mol. The summed E-state index contributed by atoms with van der Waals surface area (Å²) in [6, 6.07) is -0.721. The van der Waals surface area contributed by atoms with Crippen molar-refractivity contribution in [3.05, 3.63) is 36.5 Å². The molecule has 1 rings (SSSR count). The van der Waals surface area contributed by atoms with E-state index < -0.39 is 49.5 Å². The molecular formula is C75H143NO8. The monoisotopic (exact) mass is 1190 g/mol. The van der Waals surface area contributed by atoms with Crippen molar-refractivity contribution in [2.24, 2.45) is 0 Å². The van der Waals surface area contributed by atoms with Crippen molar-refractivity contribution in [1.29, 1.82) is 0 Å². The maximum atomic E-state index is 13.2. The number of rotatable bonds is 66. The van der Waals surface area contributed by atoms with E-state index in [0.29, 0.717) is 12.8 Å². The quantitative estimate of drug-likeness (QED) is 0.0261. The molecule has 7 unspecified atom stereocenters. The Bertz CT molecular complexity index is 1420. The number of allylic oxidation sites excluding steroid dienone is 6. The van der Waals surface area contributed by atoms with Gasteiger partial charge in [0.25, 0.3) is 0 Å². The number of carbonyl (C=O) groups excluding carboxylic acids is 1. The van der Waals surface area contributed by atoms with Gasteiger partial charge in [0.15, 0.2) is 6.29 Å². The lowest BCUT2D eigenvalue weighted by molar-refractivity contribution is -0.302. The zero-order valence-corrected chi connectivity index (χ0v) is 55.7. The van der Waals surface area contributed by atoms with Gasteiger partial charge in [0.1, 0.15) is 24.4 Å². The van der Waals surface area contributed by atoms with E-state index in [4.69, 9.17) is 9.47 Å². The Labute approximate surface area is 521 Å². The van der Waals surface area contributed by atoms with Crippen LogP contribution in [0.1, 0.15) is 380 Å². The van der Waals surface area contributed by atoms with Crippen LogP contribution in [0.25, 0.3) is 0 Å². The number of carbonyl (C=O) groups is 1. The Kier molecular flexibility index (Phi) is 61.7. The van der Waals surface area contributed by atoms with Crippen LogP contribution in [0, 0.1) is 0 Å². The van der Waals surface area contributed by atoms with Gasteiger partial charge in [0.2, 0.25) is 5.91 Å². The van der Waals surface area contributed by atoms with Crippen molar-refractivity contribution < 1.29 is 39.8 Å². The highest BCUT2D eigenvalue weighted by Gasteiger charge is 2.44. The third-order valence-corrected chi connectivity index (χ3v) is 18.0. The first-order chi connectivity index (χ1) is 41.3. The van der Waals surface area contributed by atoms with Crippen LogP contribution in [0.2, 0.25) is 0 Å². The van der Waals surface area contributed by atoms with Gasteiger partial charge in [-0.15, -0.1) is 0 Å². The average Bonchev–Trinajstić information content (AvgIpc) is 3.70. The van der Waals surface area contributed by atoms with Crippen LogP contribution in [-0.2, 0) is 14.3 Å². The largest absolute Gasteiger partial charge is 0.394 e. The Hall–Kier alpha value is -1.59. The van der Waals surface area contributed by atoms with Crippen LogP contribution in [0.3, 0.4) is 0 Å². The summed E-state index contributed by atoms with van der Waals surface area (Å²) in [7, 11) is 0. The highest BCUT2D eigenvalue weighted by molar-refractivity contribution is 5.76. The summed E-state index contributed by atoms with van der Waals surface area (Å²) in [5.41, 5.74) is 0. The Morgan fingerprint density at radius 3 is 1.04 bits per heavy atom. The number of nitrogens with one attached hydrogen (secondary N) is 1. The molecule has 9 heteroatoms. The summed E-state index contributed by atoms with van der Waals surface area (Å²) in [5.74, 6) is -0.137. The van der Waals surface area contributed by atoms with Gasteiger partial charge in [-0.2, -0.15) is 0 Å². The topological polar surface area (TPSA) is 149 Å². The number of ether oxygens (including phenoxy) is 2. The molecule has 0 saturated carbocycles. The molecule has 6 N–H and O–H groups in total. The van der Waals surface area contributed by atoms with Gasteiger partial charge in [0, 0.05) is 6.42 Å². The maximum absolute atomic E-state index is 13.2. The van der Waals surface area contributed by atoms with Crippen LogP contribution < -0.4 is 5.32 Å². The SMILES string of the molecule is CCCCCCC/C=C\C/C=C\C/C=C\CCCCCCCCCCCCCCCCCCC(=O)NC(COC1OC(CO)C(O)C(O)C1O)C(O)CCCCCCCCCCCCCCCCCCCCCCCCCCCCCCCC. The van der Waals surface area contributed by atoms with E-state index in [1.165, 1.54) is 302 Å². The van der Waals surface area contributed by atoms with Crippen molar-refractivity contribution in [3.8, 4) is 0 Å². The molecule has 1 heterocycles. The number of aliphatic hydroxyl groups is 5. The molecule has 1 amide bonds. The van der Waals surface area contributed by atoms with Crippen LogP contribution in [0.5, 0.6) is 0 Å². The Balaban J connectivity index is 2.09. The van der Waals surface area contributed by atoms with E-state index in [1.807, 2.05) is 0 Å². The lowest BCUT2D eigenvalue weighted by Gasteiger charge is -2.40. The summed E-state index contributed by atoms with van der Waals surface area (Å²) in [5, 5.41) is 55.0. The van der Waals surface area contributed by atoms with E-state index in [9.17, 15) is 30.3 Å². The van der Waals surface area contributed by atoms with Crippen LogP contribution >= 0.6 is 0 Å². The van der Waals surface area contributed by atoms with Gasteiger partial charge in [-0.3, -0.25) is 4.79 Å². The van der Waals surface area contributed by atoms with Gasteiger partial charge in [-0.1, -0.05) is 359 Å². The first-order valence-corrected chi connectivity index (χ1v) is 37.2. The first kappa shape index (κ1) is 80.4. The fourth-order valence-corrected chi connectivity index (χ4v) is 12.2. The molecule has 84 heavy (non-hydrogen) atoms. The first-order valence-electron chi connectivity index (χ1n) is 37.2. The Morgan fingerprint density at radius 1 is 0.405 bits per heavy atom. The molecule has 0 radical (unpaired) electrons. The molecule has 0 spiro atoms. The van der Waals surface area contributed by atoms with Gasteiger partial charge >= 0.3 is 0 Å². The zero-order chi connectivity index (χ0) is 60.7. The minimum atomic E-state index is -1.55. The summed E-state index contributed by atoms with van der Waals surface area (Å²) in [6.45, 7) is 3.88. The molecule has 1 saturated heterocycles. The van der Waals surface area contributed by atoms with Crippen LogP contribution in [0.4, 0.5) is 0 Å². The Morgan fingerprint density at radius 2 is 0.702 bits per heavy atom. The smallest absolute Gasteiger partial charge is 0.220 e. The van der Waals surface area contributed by atoms with E-state index in [0.717, 1.165) is 51.4 Å². The molecule has 496 valence electrons. The summed E-state index contributed by atoms with van der Waals surface area (Å²) < 4.78 is 11.4. The molecule has 0 aromatic heterocycles. The molecule has 1 aliphatic heterocycles. The molecular weight excluding hydrogens is 1040 g/mol. The van der Waals surface area contributed by atoms with Gasteiger partial charge in [0.05, 0.1) is 25.4 Å². The molecule has 0 bridgehead atoms. The summed E-state index contributed by atoms with van der Waals surface area (Å²) in [6.07, 6.45) is 79.4. The lowest BCUT2D eigenvalue weighted by atomic mass is 9.99. The van der Waals surface area contributed by atoms with Crippen molar-refractivity contribution in [1.82, 2.24) is 5.32 Å². The molecule has 1 aliphatic rings.